The highest BCUT2D eigenvalue weighted by Gasteiger charge is 2.05. The lowest BCUT2D eigenvalue weighted by Gasteiger charge is -2.10. The van der Waals surface area contributed by atoms with Crippen molar-refractivity contribution in [1.29, 1.82) is 0 Å². The molecule has 0 aliphatic rings. The lowest BCUT2D eigenvalue weighted by atomic mass is 10.1. The van der Waals surface area contributed by atoms with E-state index in [0.29, 0.717) is 5.69 Å². The van der Waals surface area contributed by atoms with E-state index in [9.17, 15) is 0 Å². The quantitative estimate of drug-likeness (QED) is 0.694. The fourth-order valence-corrected chi connectivity index (χ4v) is 2.13. The van der Waals surface area contributed by atoms with Gasteiger partial charge in [0.25, 0.3) is 0 Å². The molecule has 4 heteroatoms. The summed E-state index contributed by atoms with van der Waals surface area (Å²) in [5, 5.41) is 4.30. The number of nitrogens with zero attached hydrogens (tertiary/aromatic N) is 2. The molecule has 0 aliphatic heterocycles. The number of rotatable bonds is 2. The van der Waals surface area contributed by atoms with Crippen LogP contribution >= 0.6 is 0 Å². The molecular formula is C16H16N4. The van der Waals surface area contributed by atoms with Crippen molar-refractivity contribution in [1.82, 2.24) is 9.97 Å². The van der Waals surface area contributed by atoms with E-state index < -0.39 is 0 Å². The first kappa shape index (κ1) is 12.4. The second kappa shape index (κ2) is 4.81. The third kappa shape index (κ3) is 2.28. The fraction of sp³-hybridized carbons (Fsp3) is 0.125. The van der Waals surface area contributed by atoms with Gasteiger partial charge in [0.1, 0.15) is 12.1 Å². The standard InChI is InChI=1S/C16H16N4/c1-10-3-5-13(7-11(10)2)20-16-14-6-4-12(17)8-15(14)18-9-19-16/h3-9H,17H2,1-2H3,(H,18,19,20). The molecule has 20 heavy (non-hydrogen) atoms. The zero-order valence-electron chi connectivity index (χ0n) is 11.5. The molecule has 0 amide bonds. The van der Waals surface area contributed by atoms with Crippen molar-refractivity contribution in [3.63, 3.8) is 0 Å². The summed E-state index contributed by atoms with van der Waals surface area (Å²) in [4.78, 5) is 8.57. The van der Waals surface area contributed by atoms with Crippen LogP contribution in [0.5, 0.6) is 0 Å². The molecule has 0 fully saturated rings. The van der Waals surface area contributed by atoms with Crippen molar-refractivity contribution in [2.24, 2.45) is 0 Å². The van der Waals surface area contributed by atoms with Crippen LogP contribution in [0.2, 0.25) is 0 Å². The van der Waals surface area contributed by atoms with E-state index in [-0.39, 0.29) is 0 Å². The number of hydrogen-bond acceptors (Lipinski definition) is 4. The van der Waals surface area contributed by atoms with Gasteiger partial charge in [0, 0.05) is 16.8 Å². The Balaban J connectivity index is 2.04. The van der Waals surface area contributed by atoms with Crippen molar-refractivity contribution < 1.29 is 0 Å². The molecule has 3 rings (SSSR count). The van der Waals surface area contributed by atoms with Gasteiger partial charge >= 0.3 is 0 Å². The molecule has 100 valence electrons. The van der Waals surface area contributed by atoms with Crippen LogP contribution < -0.4 is 11.1 Å². The summed E-state index contributed by atoms with van der Waals surface area (Å²) in [6.45, 7) is 4.20. The molecule has 0 saturated heterocycles. The van der Waals surface area contributed by atoms with Crippen LogP contribution in [0, 0.1) is 13.8 Å². The highest BCUT2D eigenvalue weighted by molar-refractivity contribution is 5.92. The third-order valence-electron chi connectivity index (χ3n) is 3.43. The monoisotopic (exact) mass is 264 g/mol. The number of nitrogens with two attached hydrogens (primary N) is 1. The second-order valence-corrected chi connectivity index (χ2v) is 4.92. The highest BCUT2D eigenvalue weighted by Crippen LogP contribution is 2.25. The van der Waals surface area contributed by atoms with E-state index in [2.05, 4.69) is 41.3 Å². The van der Waals surface area contributed by atoms with E-state index in [1.165, 1.54) is 11.1 Å². The second-order valence-electron chi connectivity index (χ2n) is 4.92. The molecule has 0 atom stereocenters. The highest BCUT2D eigenvalue weighted by atomic mass is 15.0. The first-order chi connectivity index (χ1) is 9.63. The van der Waals surface area contributed by atoms with Crippen molar-refractivity contribution in [2.45, 2.75) is 13.8 Å². The van der Waals surface area contributed by atoms with E-state index in [1.807, 2.05) is 24.3 Å². The topological polar surface area (TPSA) is 63.8 Å². The van der Waals surface area contributed by atoms with Crippen molar-refractivity contribution >= 4 is 28.1 Å². The van der Waals surface area contributed by atoms with Gasteiger partial charge in [-0.3, -0.25) is 0 Å². The predicted octanol–water partition coefficient (Wildman–Crippen LogP) is 3.57. The minimum absolute atomic E-state index is 0.702. The molecule has 2 aromatic carbocycles. The smallest absolute Gasteiger partial charge is 0.141 e. The first-order valence-corrected chi connectivity index (χ1v) is 6.48. The molecule has 0 spiro atoms. The molecular weight excluding hydrogens is 248 g/mol. The number of aryl methyl sites for hydroxylation is 2. The maximum atomic E-state index is 5.78. The molecule has 3 N–H and O–H groups in total. The zero-order valence-corrected chi connectivity index (χ0v) is 11.5. The summed E-state index contributed by atoms with van der Waals surface area (Å²) in [6, 6.07) is 11.9. The van der Waals surface area contributed by atoms with Crippen molar-refractivity contribution in [2.75, 3.05) is 11.1 Å². The van der Waals surface area contributed by atoms with Gasteiger partial charge in [0.2, 0.25) is 0 Å². The van der Waals surface area contributed by atoms with Crippen LogP contribution in [-0.4, -0.2) is 9.97 Å². The van der Waals surface area contributed by atoms with Crippen LogP contribution in [0.1, 0.15) is 11.1 Å². The van der Waals surface area contributed by atoms with Crippen LogP contribution in [0.25, 0.3) is 10.9 Å². The van der Waals surface area contributed by atoms with Gasteiger partial charge in [-0.15, -0.1) is 0 Å². The minimum Gasteiger partial charge on any atom is -0.399 e. The van der Waals surface area contributed by atoms with Gasteiger partial charge in [0.15, 0.2) is 0 Å². The van der Waals surface area contributed by atoms with Gasteiger partial charge in [-0.2, -0.15) is 0 Å². The number of anilines is 3. The molecule has 0 radical (unpaired) electrons. The van der Waals surface area contributed by atoms with Crippen LogP contribution in [-0.2, 0) is 0 Å². The van der Waals surface area contributed by atoms with Crippen LogP contribution in [0.15, 0.2) is 42.7 Å². The molecule has 1 heterocycles. The summed E-state index contributed by atoms with van der Waals surface area (Å²) >= 11 is 0. The number of aromatic nitrogens is 2. The Kier molecular flexibility index (Phi) is 2.99. The molecule has 0 saturated carbocycles. The van der Waals surface area contributed by atoms with Gasteiger partial charge in [0.05, 0.1) is 5.52 Å². The Hall–Kier alpha value is -2.62. The Morgan fingerprint density at radius 3 is 2.60 bits per heavy atom. The van der Waals surface area contributed by atoms with E-state index in [4.69, 9.17) is 5.73 Å². The molecule has 0 aliphatic carbocycles. The predicted molar refractivity (Wildman–Crippen MR) is 83.1 cm³/mol. The third-order valence-corrected chi connectivity index (χ3v) is 3.43. The normalized spacial score (nSPS) is 10.7. The van der Waals surface area contributed by atoms with E-state index >= 15 is 0 Å². The lowest BCUT2D eigenvalue weighted by molar-refractivity contribution is 1.22. The van der Waals surface area contributed by atoms with Gasteiger partial charge in [-0.25, -0.2) is 9.97 Å². The van der Waals surface area contributed by atoms with Gasteiger partial charge < -0.3 is 11.1 Å². The number of hydrogen-bond donors (Lipinski definition) is 2. The summed E-state index contributed by atoms with van der Waals surface area (Å²) < 4.78 is 0. The zero-order chi connectivity index (χ0) is 14.1. The largest absolute Gasteiger partial charge is 0.399 e. The lowest BCUT2D eigenvalue weighted by Crippen LogP contribution is -1.97. The SMILES string of the molecule is Cc1ccc(Nc2ncnc3cc(N)ccc23)cc1C. The van der Waals surface area contributed by atoms with Crippen LogP contribution in [0.3, 0.4) is 0 Å². The Bertz CT molecular complexity index is 781. The number of benzene rings is 2. The average Bonchev–Trinajstić information content (AvgIpc) is 2.43. The fourth-order valence-electron chi connectivity index (χ4n) is 2.13. The van der Waals surface area contributed by atoms with E-state index in [0.717, 1.165) is 22.4 Å². The van der Waals surface area contributed by atoms with Crippen molar-refractivity contribution in [3.05, 3.63) is 53.9 Å². The summed E-state index contributed by atoms with van der Waals surface area (Å²) in [5.41, 5.74) is 10.9. The molecule has 4 nitrogen and oxygen atoms in total. The summed E-state index contributed by atoms with van der Waals surface area (Å²) in [7, 11) is 0. The maximum Gasteiger partial charge on any atom is 0.141 e. The Morgan fingerprint density at radius 2 is 1.80 bits per heavy atom. The average molecular weight is 264 g/mol. The summed E-state index contributed by atoms with van der Waals surface area (Å²) in [6.07, 6.45) is 1.55. The Morgan fingerprint density at radius 1 is 0.950 bits per heavy atom. The first-order valence-electron chi connectivity index (χ1n) is 6.48. The molecule has 0 unspecified atom stereocenters. The number of nitrogens with one attached hydrogen (secondary N) is 1. The number of fused-ring (bicyclic) bond motifs is 1. The minimum atomic E-state index is 0.702. The van der Waals surface area contributed by atoms with Gasteiger partial charge in [-0.05, 0) is 55.3 Å². The molecule has 3 aromatic rings. The molecule has 1 aromatic heterocycles. The molecule has 0 bridgehead atoms. The Labute approximate surface area is 117 Å². The van der Waals surface area contributed by atoms with E-state index in [1.54, 1.807) is 6.33 Å². The maximum absolute atomic E-state index is 5.78. The van der Waals surface area contributed by atoms with Gasteiger partial charge in [-0.1, -0.05) is 6.07 Å². The van der Waals surface area contributed by atoms with Crippen molar-refractivity contribution in [3.8, 4) is 0 Å². The van der Waals surface area contributed by atoms with Crippen LogP contribution in [0.4, 0.5) is 17.2 Å². The number of nitrogen functional groups attached to an aromatic ring is 1. The summed E-state index contributed by atoms with van der Waals surface area (Å²) in [5.74, 6) is 0.790.